The van der Waals surface area contributed by atoms with Gasteiger partial charge in [-0.1, -0.05) is 12.1 Å². The van der Waals surface area contributed by atoms with Crippen LogP contribution in [0.2, 0.25) is 0 Å². The van der Waals surface area contributed by atoms with Crippen LogP contribution < -0.4 is 20.9 Å². The highest BCUT2D eigenvalue weighted by molar-refractivity contribution is 5.27. The third kappa shape index (κ3) is 4.78. The van der Waals surface area contributed by atoms with Crippen LogP contribution >= 0.6 is 0 Å². The number of rotatable bonds is 8. The molecule has 3 N–H and O–H groups in total. The molecule has 112 valence electrons. The Labute approximate surface area is 122 Å². The maximum absolute atomic E-state index is 5.44. The molecule has 1 saturated heterocycles. The third-order valence-electron chi connectivity index (χ3n) is 3.89. The first-order valence-corrected chi connectivity index (χ1v) is 7.70. The highest BCUT2D eigenvalue weighted by Crippen LogP contribution is 2.14. The van der Waals surface area contributed by atoms with E-state index in [2.05, 4.69) is 35.2 Å². The van der Waals surface area contributed by atoms with Crippen LogP contribution in [0.25, 0.3) is 0 Å². The van der Waals surface area contributed by atoms with E-state index in [1.807, 2.05) is 19.1 Å². The Morgan fingerprint density at radius 2 is 2.10 bits per heavy atom. The zero-order valence-corrected chi connectivity index (χ0v) is 12.6. The maximum Gasteiger partial charge on any atom is 0.119 e. The van der Waals surface area contributed by atoms with Gasteiger partial charge in [-0.15, -0.1) is 0 Å². The largest absolute Gasteiger partial charge is 0.494 e. The number of ether oxygens (including phenoxy) is 1. The van der Waals surface area contributed by atoms with Crippen LogP contribution in [0, 0.1) is 5.92 Å². The molecule has 0 amide bonds. The van der Waals surface area contributed by atoms with Crippen molar-refractivity contribution in [2.45, 2.75) is 39.3 Å². The van der Waals surface area contributed by atoms with Gasteiger partial charge in [0.2, 0.25) is 0 Å². The van der Waals surface area contributed by atoms with Crippen LogP contribution in [0.1, 0.15) is 32.3 Å². The Hall–Kier alpha value is -1.10. The number of benzene rings is 1. The Bertz CT molecular complexity index is 380. The Kier molecular flexibility index (Phi) is 6.30. The third-order valence-corrected chi connectivity index (χ3v) is 3.89. The van der Waals surface area contributed by atoms with E-state index in [0.717, 1.165) is 37.9 Å². The van der Waals surface area contributed by atoms with Crippen molar-refractivity contribution in [2.24, 2.45) is 5.92 Å². The average Bonchev–Trinajstić information content (AvgIpc) is 2.86. The first-order chi connectivity index (χ1) is 9.79. The van der Waals surface area contributed by atoms with Gasteiger partial charge in [0.05, 0.1) is 6.61 Å². The molecule has 20 heavy (non-hydrogen) atoms. The molecule has 0 aliphatic carbocycles. The van der Waals surface area contributed by atoms with Crippen LogP contribution in [0.5, 0.6) is 5.75 Å². The van der Waals surface area contributed by atoms with Gasteiger partial charge in [-0.2, -0.15) is 0 Å². The summed E-state index contributed by atoms with van der Waals surface area (Å²) in [6.45, 7) is 8.09. The fourth-order valence-electron chi connectivity index (χ4n) is 2.59. The molecule has 1 fully saturated rings. The molecule has 0 spiro atoms. The monoisotopic (exact) mass is 277 g/mol. The second-order valence-corrected chi connectivity index (χ2v) is 5.47. The van der Waals surface area contributed by atoms with Crippen LogP contribution in [0.15, 0.2) is 24.3 Å². The molecule has 0 bridgehead atoms. The average molecular weight is 277 g/mol. The molecule has 4 heteroatoms. The summed E-state index contributed by atoms with van der Waals surface area (Å²) < 4.78 is 5.44. The summed E-state index contributed by atoms with van der Waals surface area (Å²) in [6, 6.07) is 8.94. The van der Waals surface area contributed by atoms with E-state index < -0.39 is 0 Å². The fraction of sp³-hybridized carbons (Fsp3) is 0.625. The Balaban J connectivity index is 1.58. The van der Waals surface area contributed by atoms with E-state index in [1.54, 1.807) is 0 Å². The van der Waals surface area contributed by atoms with E-state index in [0.29, 0.717) is 6.04 Å². The van der Waals surface area contributed by atoms with Crippen molar-refractivity contribution in [3.8, 4) is 5.75 Å². The molecule has 1 aliphatic rings. The number of hydrogen-bond acceptors (Lipinski definition) is 4. The lowest BCUT2D eigenvalue weighted by atomic mass is 9.98. The lowest BCUT2D eigenvalue weighted by Gasteiger charge is -2.13. The van der Waals surface area contributed by atoms with Crippen LogP contribution in [0.3, 0.4) is 0 Å². The summed E-state index contributed by atoms with van der Waals surface area (Å²) >= 11 is 0. The molecule has 2 unspecified atom stereocenters. The smallest absolute Gasteiger partial charge is 0.119 e. The Morgan fingerprint density at radius 3 is 2.75 bits per heavy atom. The van der Waals surface area contributed by atoms with Gasteiger partial charge in [-0.05, 0) is 56.8 Å². The molecule has 1 heterocycles. The van der Waals surface area contributed by atoms with Crippen molar-refractivity contribution in [2.75, 3.05) is 19.7 Å². The van der Waals surface area contributed by atoms with Crippen LogP contribution in [-0.4, -0.2) is 25.7 Å². The number of hydrogen-bond donors (Lipinski definition) is 3. The second kappa shape index (κ2) is 8.25. The molecule has 2 atom stereocenters. The van der Waals surface area contributed by atoms with Crippen LogP contribution in [0.4, 0.5) is 0 Å². The van der Waals surface area contributed by atoms with E-state index in [1.165, 1.54) is 18.4 Å². The zero-order valence-electron chi connectivity index (χ0n) is 12.6. The fourth-order valence-corrected chi connectivity index (χ4v) is 2.59. The van der Waals surface area contributed by atoms with Gasteiger partial charge in [0.25, 0.3) is 0 Å². The summed E-state index contributed by atoms with van der Waals surface area (Å²) in [5, 5.41) is 3.51. The van der Waals surface area contributed by atoms with Crippen molar-refractivity contribution < 1.29 is 4.74 Å². The van der Waals surface area contributed by atoms with Crippen LogP contribution in [-0.2, 0) is 6.54 Å². The first kappa shape index (κ1) is 15.3. The van der Waals surface area contributed by atoms with Gasteiger partial charge in [0, 0.05) is 19.1 Å². The molecule has 1 aromatic rings. The molecule has 0 saturated carbocycles. The normalized spacial score (nSPS) is 22.1. The minimum atomic E-state index is 0.598. The van der Waals surface area contributed by atoms with Gasteiger partial charge in [0.1, 0.15) is 5.75 Å². The number of nitrogens with one attached hydrogen (secondary N) is 3. The maximum atomic E-state index is 5.44. The summed E-state index contributed by atoms with van der Waals surface area (Å²) in [4.78, 5) is 0. The quantitative estimate of drug-likeness (QED) is 0.637. The first-order valence-electron chi connectivity index (χ1n) is 7.70. The molecule has 0 aromatic heterocycles. The van der Waals surface area contributed by atoms with Gasteiger partial charge < -0.3 is 10.1 Å². The topological polar surface area (TPSA) is 45.3 Å². The van der Waals surface area contributed by atoms with Crippen molar-refractivity contribution in [1.29, 1.82) is 0 Å². The van der Waals surface area contributed by atoms with E-state index in [4.69, 9.17) is 4.74 Å². The standard InChI is InChI=1S/C16H27N3O/c1-3-20-16-8-6-14(7-9-16)11-17-10-4-5-15-12-18-19-13(15)2/h6-9,13,15,17-19H,3-5,10-12H2,1-2H3. The van der Waals surface area contributed by atoms with Gasteiger partial charge in [-0.25, -0.2) is 0 Å². The molecular formula is C16H27N3O. The van der Waals surface area contributed by atoms with Crippen molar-refractivity contribution in [1.82, 2.24) is 16.2 Å². The second-order valence-electron chi connectivity index (χ2n) is 5.47. The van der Waals surface area contributed by atoms with E-state index in [-0.39, 0.29) is 0 Å². The van der Waals surface area contributed by atoms with Crippen molar-refractivity contribution >= 4 is 0 Å². The molecule has 4 nitrogen and oxygen atoms in total. The summed E-state index contributed by atoms with van der Waals surface area (Å²) in [7, 11) is 0. The summed E-state index contributed by atoms with van der Waals surface area (Å²) in [5.41, 5.74) is 7.80. The minimum Gasteiger partial charge on any atom is -0.494 e. The highest BCUT2D eigenvalue weighted by Gasteiger charge is 2.21. The number of hydrazine groups is 1. The highest BCUT2D eigenvalue weighted by atomic mass is 16.5. The molecule has 1 aromatic carbocycles. The zero-order chi connectivity index (χ0) is 14.2. The Morgan fingerprint density at radius 1 is 1.30 bits per heavy atom. The predicted molar refractivity (Wildman–Crippen MR) is 82.6 cm³/mol. The molecule has 2 rings (SSSR count). The summed E-state index contributed by atoms with van der Waals surface area (Å²) in [5.74, 6) is 1.72. The molecule has 0 radical (unpaired) electrons. The molecular weight excluding hydrogens is 250 g/mol. The van der Waals surface area contributed by atoms with Gasteiger partial charge in [-0.3, -0.25) is 10.9 Å². The van der Waals surface area contributed by atoms with Crippen molar-refractivity contribution in [3.63, 3.8) is 0 Å². The predicted octanol–water partition coefficient (Wildman–Crippen LogP) is 2.07. The lowest BCUT2D eigenvalue weighted by Crippen LogP contribution is -2.28. The lowest BCUT2D eigenvalue weighted by molar-refractivity contribution is 0.340. The van der Waals surface area contributed by atoms with Gasteiger partial charge in [0.15, 0.2) is 0 Å². The minimum absolute atomic E-state index is 0.598. The van der Waals surface area contributed by atoms with E-state index in [9.17, 15) is 0 Å². The van der Waals surface area contributed by atoms with Crippen molar-refractivity contribution in [3.05, 3.63) is 29.8 Å². The summed E-state index contributed by atoms with van der Waals surface area (Å²) in [6.07, 6.45) is 2.51. The van der Waals surface area contributed by atoms with E-state index >= 15 is 0 Å². The SMILES string of the molecule is CCOc1ccc(CNCCCC2CNNC2C)cc1. The van der Waals surface area contributed by atoms with Gasteiger partial charge >= 0.3 is 0 Å². The molecule has 1 aliphatic heterocycles.